The minimum Gasteiger partial charge on any atom is -0.353 e. The lowest BCUT2D eigenvalue weighted by molar-refractivity contribution is -0.122. The van der Waals surface area contributed by atoms with Crippen molar-refractivity contribution < 1.29 is 4.79 Å². The van der Waals surface area contributed by atoms with Crippen molar-refractivity contribution in [1.29, 1.82) is 0 Å². The summed E-state index contributed by atoms with van der Waals surface area (Å²) in [6.45, 7) is 5.34. The maximum atomic E-state index is 11.5. The predicted molar refractivity (Wildman–Crippen MR) is 62.7 cm³/mol. The smallest absolute Gasteiger partial charge is 0.236 e. The van der Waals surface area contributed by atoms with Crippen LogP contribution in [0.3, 0.4) is 0 Å². The maximum absolute atomic E-state index is 11.5. The summed E-state index contributed by atoms with van der Waals surface area (Å²) in [4.78, 5) is 11.5. The third-order valence-electron chi connectivity index (χ3n) is 2.26. The zero-order valence-electron chi connectivity index (χ0n) is 9.89. The lowest BCUT2D eigenvalue weighted by Gasteiger charge is -2.14. The van der Waals surface area contributed by atoms with Crippen LogP contribution < -0.4 is 11.1 Å². The molecule has 0 fully saturated rings. The summed E-state index contributed by atoms with van der Waals surface area (Å²) in [5.74, 6) is 0.354. The Morgan fingerprint density at radius 1 is 1.56 bits per heavy atom. The van der Waals surface area contributed by atoms with Crippen molar-refractivity contribution in [3.63, 3.8) is 0 Å². The molecular formula is C11H20N4O. The minimum atomic E-state index is -0.405. The number of hydrogen-bond acceptors (Lipinski definition) is 3. The van der Waals surface area contributed by atoms with Crippen LogP contribution >= 0.6 is 0 Å². The van der Waals surface area contributed by atoms with Crippen LogP contribution in [0.4, 0.5) is 0 Å². The molecule has 1 rings (SSSR count). The molecule has 3 N–H and O–H groups in total. The molecule has 1 atom stereocenters. The van der Waals surface area contributed by atoms with Crippen LogP contribution in [0.2, 0.25) is 0 Å². The summed E-state index contributed by atoms with van der Waals surface area (Å²) in [6, 6.07) is 1.45. The fourth-order valence-corrected chi connectivity index (χ4v) is 1.47. The lowest BCUT2D eigenvalue weighted by atomic mass is 10.0. The molecule has 0 saturated carbocycles. The molecule has 0 aliphatic carbocycles. The molecule has 90 valence electrons. The molecule has 0 aliphatic rings. The van der Waals surface area contributed by atoms with Crippen molar-refractivity contribution in [1.82, 2.24) is 15.1 Å². The quantitative estimate of drug-likeness (QED) is 0.733. The Labute approximate surface area is 96.0 Å². The van der Waals surface area contributed by atoms with Crippen LogP contribution in [0.1, 0.15) is 20.3 Å². The first kappa shape index (κ1) is 12.7. The van der Waals surface area contributed by atoms with Crippen LogP contribution in [0.25, 0.3) is 0 Å². The number of rotatable bonds is 6. The van der Waals surface area contributed by atoms with E-state index in [1.165, 1.54) is 0 Å². The van der Waals surface area contributed by atoms with E-state index in [1.54, 1.807) is 10.9 Å². The van der Waals surface area contributed by atoms with E-state index in [0.29, 0.717) is 25.4 Å². The molecule has 0 saturated heterocycles. The molecule has 16 heavy (non-hydrogen) atoms. The molecule has 0 aromatic carbocycles. The second-order valence-corrected chi connectivity index (χ2v) is 4.30. The molecule has 5 nitrogen and oxygen atoms in total. The molecule has 0 spiro atoms. The van der Waals surface area contributed by atoms with E-state index in [0.717, 1.165) is 0 Å². The Bertz CT molecular complexity index is 308. The van der Waals surface area contributed by atoms with Gasteiger partial charge in [0.25, 0.3) is 0 Å². The van der Waals surface area contributed by atoms with Gasteiger partial charge in [0.2, 0.25) is 5.91 Å². The highest BCUT2D eigenvalue weighted by Gasteiger charge is 2.13. The molecule has 5 heteroatoms. The Morgan fingerprint density at radius 3 is 2.88 bits per heavy atom. The number of hydrogen-bond donors (Lipinski definition) is 2. The van der Waals surface area contributed by atoms with Crippen LogP contribution in [0.15, 0.2) is 18.5 Å². The number of carbonyl (C=O) groups is 1. The summed E-state index contributed by atoms with van der Waals surface area (Å²) in [5, 5.41) is 6.84. The summed E-state index contributed by atoms with van der Waals surface area (Å²) in [7, 11) is 0. The van der Waals surface area contributed by atoms with E-state index in [2.05, 4.69) is 24.3 Å². The largest absolute Gasteiger partial charge is 0.353 e. The molecular weight excluding hydrogens is 204 g/mol. The van der Waals surface area contributed by atoms with Crippen LogP contribution in [-0.4, -0.2) is 28.3 Å². The van der Waals surface area contributed by atoms with Gasteiger partial charge in [0.05, 0.1) is 12.6 Å². The number of amides is 1. The number of nitrogens with two attached hydrogens (primary N) is 1. The zero-order valence-corrected chi connectivity index (χ0v) is 9.89. The monoisotopic (exact) mass is 224 g/mol. The third-order valence-corrected chi connectivity index (χ3v) is 2.26. The third kappa shape index (κ3) is 4.44. The first-order valence-electron chi connectivity index (χ1n) is 5.60. The van der Waals surface area contributed by atoms with Gasteiger partial charge in [-0.3, -0.25) is 9.48 Å². The van der Waals surface area contributed by atoms with Gasteiger partial charge in [0.1, 0.15) is 0 Å². The van der Waals surface area contributed by atoms with E-state index < -0.39 is 6.04 Å². The van der Waals surface area contributed by atoms with Gasteiger partial charge in [-0.25, -0.2) is 0 Å². The van der Waals surface area contributed by atoms with Gasteiger partial charge in [-0.2, -0.15) is 5.10 Å². The molecule has 1 aromatic heterocycles. The number of nitrogens with zero attached hydrogens (tertiary/aromatic N) is 2. The van der Waals surface area contributed by atoms with Gasteiger partial charge in [-0.15, -0.1) is 0 Å². The Morgan fingerprint density at radius 2 is 2.31 bits per heavy atom. The normalized spacial score (nSPS) is 12.8. The summed E-state index contributed by atoms with van der Waals surface area (Å²) in [5.41, 5.74) is 5.74. The van der Waals surface area contributed by atoms with E-state index in [-0.39, 0.29) is 5.91 Å². The van der Waals surface area contributed by atoms with Crippen molar-refractivity contribution in [3.8, 4) is 0 Å². The van der Waals surface area contributed by atoms with Gasteiger partial charge in [0, 0.05) is 18.9 Å². The average Bonchev–Trinajstić information content (AvgIpc) is 2.69. The molecule has 1 amide bonds. The predicted octanol–water partition coefficient (Wildman–Crippen LogP) is 0.373. The molecule has 0 unspecified atom stereocenters. The highest BCUT2D eigenvalue weighted by atomic mass is 16.2. The highest BCUT2D eigenvalue weighted by molar-refractivity contribution is 5.81. The fourth-order valence-electron chi connectivity index (χ4n) is 1.47. The zero-order chi connectivity index (χ0) is 12.0. The van der Waals surface area contributed by atoms with E-state index in [9.17, 15) is 4.79 Å². The van der Waals surface area contributed by atoms with Gasteiger partial charge in [0.15, 0.2) is 0 Å². The Kier molecular flexibility index (Phi) is 4.98. The van der Waals surface area contributed by atoms with Crippen LogP contribution in [-0.2, 0) is 11.3 Å². The van der Waals surface area contributed by atoms with Crippen LogP contribution in [0.5, 0.6) is 0 Å². The summed E-state index contributed by atoms with van der Waals surface area (Å²) < 4.78 is 1.77. The van der Waals surface area contributed by atoms with Crippen molar-refractivity contribution >= 4 is 5.91 Å². The standard InChI is InChI=1S/C11H20N4O/c1-9(2)8-10(12)11(16)13-5-7-15-6-3-4-14-15/h3-4,6,9-10H,5,7-8,12H2,1-2H3,(H,13,16)/t10-/m0/s1. The molecule has 0 aliphatic heterocycles. The summed E-state index contributed by atoms with van der Waals surface area (Å²) in [6.07, 6.45) is 4.29. The SMILES string of the molecule is CC(C)C[C@H](N)C(=O)NCCn1cccn1. The fraction of sp³-hybridized carbons (Fsp3) is 0.636. The summed E-state index contributed by atoms with van der Waals surface area (Å²) >= 11 is 0. The molecule has 0 radical (unpaired) electrons. The van der Waals surface area contributed by atoms with Gasteiger partial charge in [-0.05, 0) is 18.4 Å². The Hall–Kier alpha value is -1.36. The van der Waals surface area contributed by atoms with Crippen LogP contribution in [0, 0.1) is 5.92 Å². The number of carbonyl (C=O) groups excluding carboxylic acids is 1. The first-order chi connectivity index (χ1) is 7.59. The topological polar surface area (TPSA) is 72.9 Å². The van der Waals surface area contributed by atoms with Gasteiger partial charge >= 0.3 is 0 Å². The molecule has 1 heterocycles. The van der Waals surface area contributed by atoms with Crippen molar-refractivity contribution in [2.75, 3.05) is 6.54 Å². The van der Waals surface area contributed by atoms with E-state index in [1.807, 2.05) is 12.3 Å². The van der Waals surface area contributed by atoms with Gasteiger partial charge in [-0.1, -0.05) is 13.8 Å². The van der Waals surface area contributed by atoms with Crippen molar-refractivity contribution in [3.05, 3.63) is 18.5 Å². The molecule has 0 bridgehead atoms. The lowest BCUT2D eigenvalue weighted by Crippen LogP contribution is -2.42. The Balaban J connectivity index is 2.19. The number of nitrogens with one attached hydrogen (secondary N) is 1. The molecule has 1 aromatic rings. The number of aromatic nitrogens is 2. The second-order valence-electron chi connectivity index (χ2n) is 4.30. The minimum absolute atomic E-state index is 0.0825. The highest BCUT2D eigenvalue weighted by Crippen LogP contribution is 2.02. The van der Waals surface area contributed by atoms with Crippen molar-refractivity contribution in [2.24, 2.45) is 11.7 Å². The maximum Gasteiger partial charge on any atom is 0.236 e. The van der Waals surface area contributed by atoms with Crippen molar-refractivity contribution in [2.45, 2.75) is 32.9 Å². The second kappa shape index (κ2) is 6.27. The van der Waals surface area contributed by atoms with E-state index >= 15 is 0 Å². The van der Waals surface area contributed by atoms with Gasteiger partial charge < -0.3 is 11.1 Å². The van der Waals surface area contributed by atoms with E-state index in [4.69, 9.17) is 5.73 Å². The first-order valence-corrected chi connectivity index (χ1v) is 5.60. The average molecular weight is 224 g/mol.